The second kappa shape index (κ2) is 7.61. The van der Waals surface area contributed by atoms with Gasteiger partial charge in [0.05, 0.1) is 34.8 Å². The molecule has 6 nitrogen and oxygen atoms in total. The average Bonchev–Trinajstić information content (AvgIpc) is 3.31. The van der Waals surface area contributed by atoms with Crippen LogP contribution < -0.4 is 10.1 Å². The van der Waals surface area contributed by atoms with Gasteiger partial charge in [-0.2, -0.15) is 18.3 Å². The Kier molecular flexibility index (Phi) is 5.09. The van der Waals surface area contributed by atoms with Gasteiger partial charge in [-0.3, -0.25) is 10.1 Å². The van der Waals surface area contributed by atoms with E-state index in [-0.39, 0.29) is 27.8 Å². The van der Waals surface area contributed by atoms with Gasteiger partial charge in [0.1, 0.15) is 0 Å². The first kappa shape index (κ1) is 20.7. The predicted octanol–water partition coefficient (Wildman–Crippen LogP) is 5.04. The van der Waals surface area contributed by atoms with Gasteiger partial charge in [0.15, 0.2) is 28.2 Å². The van der Waals surface area contributed by atoms with Gasteiger partial charge in [0, 0.05) is 6.07 Å². The van der Waals surface area contributed by atoms with E-state index >= 15 is 0 Å². The molecule has 12 heteroatoms. The van der Waals surface area contributed by atoms with Crippen LogP contribution in [-0.2, 0) is 6.18 Å². The number of hydrogen-bond acceptors (Lipinski definition) is 5. The van der Waals surface area contributed by atoms with Crippen molar-refractivity contribution in [2.75, 3.05) is 12.4 Å². The molecular weight excluding hydrogens is 443 g/mol. The van der Waals surface area contributed by atoms with Crippen LogP contribution in [0.1, 0.15) is 16.1 Å². The van der Waals surface area contributed by atoms with Crippen molar-refractivity contribution in [1.82, 2.24) is 14.8 Å². The molecule has 0 unspecified atom stereocenters. The zero-order valence-electron chi connectivity index (χ0n) is 15.5. The lowest BCUT2D eigenvalue weighted by Gasteiger charge is -2.08. The summed E-state index contributed by atoms with van der Waals surface area (Å²) >= 11 is 0.914. The number of anilines is 1. The number of benzene rings is 2. The van der Waals surface area contributed by atoms with Crippen molar-refractivity contribution in [3.8, 4) is 11.4 Å². The molecule has 0 spiro atoms. The summed E-state index contributed by atoms with van der Waals surface area (Å²) in [5.74, 6) is -2.87. The van der Waals surface area contributed by atoms with E-state index in [1.165, 1.54) is 25.4 Å². The normalized spacial score (nSPS) is 11.7. The molecule has 4 rings (SSSR count). The maximum Gasteiger partial charge on any atom is 0.416 e. The summed E-state index contributed by atoms with van der Waals surface area (Å²) in [6.45, 7) is 0. The molecule has 2 heterocycles. The molecule has 0 fully saturated rings. The van der Waals surface area contributed by atoms with E-state index < -0.39 is 29.3 Å². The Morgan fingerprint density at radius 3 is 2.61 bits per heavy atom. The number of amides is 1. The van der Waals surface area contributed by atoms with Crippen LogP contribution in [0.4, 0.5) is 27.1 Å². The van der Waals surface area contributed by atoms with E-state index in [2.05, 4.69) is 15.4 Å². The molecule has 0 atom stereocenters. The summed E-state index contributed by atoms with van der Waals surface area (Å²) < 4.78 is 72.1. The van der Waals surface area contributed by atoms with E-state index in [1.807, 2.05) is 0 Å². The minimum absolute atomic E-state index is 0.00751. The molecule has 1 N–H and O–H groups in total. The number of fused-ring (bicyclic) bond motifs is 1. The second-order valence-electron chi connectivity index (χ2n) is 6.25. The Balaban J connectivity index is 1.64. The van der Waals surface area contributed by atoms with Gasteiger partial charge in [-0.05, 0) is 24.3 Å². The number of carbonyl (C=O) groups is 1. The van der Waals surface area contributed by atoms with Crippen LogP contribution in [0.25, 0.3) is 15.9 Å². The van der Waals surface area contributed by atoms with E-state index in [4.69, 9.17) is 4.74 Å². The molecule has 31 heavy (non-hydrogen) atoms. The number of hydrogen-bond donors (Lipinski definition) is 1. The number of ether oxygens (including phenoxy) is 1. The highest BCUT2D eigenvalue weighted by atomic mass is 32.1. The van der Waals surface area contributed by atoms with Crippen molar-refractivity contribution in [2.45, 2.75) is 6.18 Å². The highest BCUT2D eigenvalue weighted by molar-refractivity contribution is 7.22. The van der Waals surface area contributed by atoms with Crippen molar-refractivity contribution in [3.63, 3.8) is 0 Å². The number of halogens is 5. The molecule has 0 bridgehead atoms. The molecule has 0 aliphatic rings. The summed E-state index contributed by atoms with van der Waals surface area (Å²) in [7, 11) is 1.27. The quantitative estimate of drug-likeness (QED) is 0.439. The smallest absolute Gasteiger partial charge is 0.416 e. The molecule has 2 aromatic carbocycles. The molecule has 0 aliphatic heterocycles. The number of methoxy groups -OCH3 is 1. The van der Waals surface area contributed by atoms with Crippen molar-refractivity contribution < 1.29 is 31.5 Å². The zero-order valence-corrected chi connectivity index (χ0v) is 16.3. The SMILES string of the molecule is COc1cn(-c2cccc(C(F)(F)F)c2)nc1C(=O)Nc1nc2cc(F)c(F)cc2s1. The minimum atomic E-state index is -4.54. The van der Waals surface area contributed by atoms with Gasteiger partial charge in [0.25, 0.3) is 5.91 Å². The lowest BCUT2D eigenvalue weighted by Crippen LogP contribution is -2.14. The fourth-order valence-electron chi connectivity index (χ4n) is 2.76. The summed E-state index contributed by atoms with van der Waals surface area (Å²) in [6, 6.07) is 6.26. The van der Waals surface area contributed by atoms with Gasteiger partial charge in [-0.15, -0.1) is 0 Å². The van der Waals surface area contributed by atoms with Crippen molar-refractivity contribution in [2.24, 2.45) is 0 Å². The number of nitrogens with zero attached hydrogens (tertiary/aromatic N) is 3. The van der Waals surface area contributed by atoms with Gasteiger partial charge in [-0.1, -0.05) is 17.4 Å². The molecule has 2 aromatic heterocycles. The predicted molar refractivity (Wildman–Crippen MR) is 103 cm³/mol. The molecular formula is C19H11F5N4O2S. The van der Waals surface area contributed by atoms with E-state index in [0.29, 0.717) is 4.70 Å². The number of nitrogens with one attached hydrogen (secondary N) is 1. The van der Waals surface area contributed by atoms with Crippen LogP contribution in [0, 0.1) is 11.6 Å². The Morgan fingerprint density at radius 2 is 1.90 bits per heavy atom. The van der Waals surface area contributed by atoms with Crippen LogP contribution in [0.3, 0.4) is 0 Å². The van der Waals surface area contributed by atoms with Crippen molar-refractivity contribution in [1.29, 1.82) is 0 Å². The molecule has 0 saturated heterocycles. The van der Waals surface area contributed by atoms with Crippen LogP contribution in [0.15, 0.2) is 42.6 Å². The van der Waals surface area contributed by atoms with Crippen LogP contribution in [-0.4, -0.2) is 27.8 Å². The lowest BCUT2D eigenvalue weighted by atomic mass is 10.2. The fourth-order valence-corrected chi connectivity index (χ4v) is 3.62. The summed E-state index contributed by atoms with van der Waals surface area (Å²) in [4.78, 5) is 16.7. The van der Waals surface area contributed by atoms with Gasteiger partial charge >= 0.3 is 6.18 Å². The van der Waals surface area contributed by atoms with E-state index in [1.54, 1.807) is 0 Å². The van der Waals surface area contributed by atoms with Crippen molar-refractivity contribution in [3.05, 3.63) is 65.5 Å². The third-order valence-electron chi connectivity index (χ3n) is 4.20. The monoisotopic (exact) mass is 454 g/mol. The van der Waals surface area contributed by atoms with E-state index in [0.717, 1.165) is 40.3 Å². The topological polar surface area (TPSA) is 69.0 Å². The minimum Gasteiger partial charge on any atom is -0.493 e. The number of rotatable bonds is 4. The second-order valence-corrected chi connectivity index (χ2v) is 7.28. The summed E-state index contributed by atoms with van der Waals surface area (Å²) in [5.41, 5.74) is -0.866. The lowest BCUT2D eigenvalue weighted by molar-refractivity contribution is -0.137. The first-order chi connectivity index (χ1) is 14.7. The molecule has 4 aromatic rings. The Hall–Kier alpha value is -3.54. The van der Waals surface area contributed by atoms with Crippen LogP contribution in [0.2, 0.25) is 0 Å². The molecule has 0 aliphatic carbocycles. The fraction of sp³-hybridized carbons (Fsp3) is 0.105. The largest absolute Gasteiger partial charge is 0.493 e. The summed E-state index contributed by atoms with van der Waals surface area (Å²) in [5, 5.41) is 6.53. The first-order valence-corrected chi connectivity index (χ1v) is 9.35. The third kappa shape index (κ3) is 4.06. The standard InChI is InChI=1S/C19H11F5N4O2S/c1-30-14-8-28(10-4-2-3-9(5-10)19(22,23)24)27-16(14)17(29)26-18-25-13-6-11(20)12(21)7-15(13)31-18/h2-8H,1H3,(H,25,26,29). The van der Waals surface area contributed by atoms with Crippen molar-refractivity contribution >= 4 is 32.6 Å². The van der Waals surface area contributed by atoms with Gasteiger partial charge in [0.2, 0.25) is 0 Å². The number of alkyl halides is 3. The zero-order chi connectivity index (χ0) is 22.3. The van der Waals surface area contributed by atoms with Crippen LogP contribution in [0.5, 0.6) is 5.75 Å². The third-order valence-corrected chi connectivity index (χ3v) is 5.14. The maximum atomic E-state index is 13.4. The Bertz CT molecular complexity index is 1260. The number of carbonyl (C=O) groups excluding carboxylic acids is 1. The van der Waals surface area contributed by atoms with Crippen LogP contribution >= 0.6 is 11.3 Å². The maximum absolute atomic E-state index is 13.4. The van der Waals surface area contributed by atoms with Gasteiger partial charge < -0.3 is 4.74 Å². The highest BCUT2D eigenvalue weighted by Gasteiger charge is 2.31. The highest BCUT2D eigenvalue weighted by Crippen LogP contribution is 2.31. The molecule has 0 saturated carbocycles. The number of aromatic nitrogens is 3. The summed E-state index contributed by atoms with van der Waals surface area (Å²) in [6.07, 6.45) is -3.28. The molecule has 0 radical (unpaired) electrons. The van der Waals surface area contributed by atoms with E-state index in [9.17, 15) is 26.7 Å². The molecule has 1 amide bonds. The average molecular weight is 454 g/mol. The first-order valence-electron chi connectivity index (χ1n) is 8.54. The number of thiazole rings is 1. The molecule has 160 valence electrons. The Labute approximate surface area is 174 Å². The Morgan fingerprint density at radius 1 is 1.16 bits per heavy atom. The van der Waals surface area contributed by atoms with Gasteiger partial charge in [-0.25, -0.2) is 18.4 Å².